The zero-order valence-corrected chi connectivity index (χ0v) is 15.9. The summed E-state index contributed by atoms with van der Waals surface area (Å²) in [5, 5.41) is 3.78. The number of fused-ring (bicyclic) bond motifs is 1. The number of thiophene rings is 1. The largest absolute Gasteiger partial charge is 0.310 e. The lowest BCUT2D eigenvalue weighted by atomic mass is 9.94. The molecule has 0 spiro atoms. The van der Waals surface area contributed by atoms with Gasteiger partial charge in [-0.1, -0.05) is 0 Å². The van der Waals surface area contributed by atoms with Gasteiger partial charge in [-0.25, -0.2) is 0 Å². The number of unbranched alkanes of at least 4 members (excludes halogenated alkanes) is 1. The van der Waals surface area contributed by atoms with E-state index in [1.165, 1.54) is 41.5 Å². The van der Waals surface area contributed by atoms with Crippen molar-refractivity contribution >= 4 is 33.9 Å². The Kier molecular flexibility index (Phi) is 6.78. The summed E-state index contributed by atoms with van der Waals surface area (Å²) >= 11 is 4.45. The molecule has 0 radical (unpaired) electrons. The van der Waals surface area contributed by atoms with E-state index in [0.717, 1.165) is 6.54 Å². The number of rotatable bonds is 7. The quantitative estimate of drug-likeness (QED) is 0.532. The molecule has 0 bridgehead atoms. The summed E-state index contributed by atoms with van der Waals surface area (Å²) in [6.07, 6.45) is 6.52. The summed E-state index contributed by atoms with van der Waals surface area (Å²) in [5.41, 5.74) is 1.59. The summed E-state index contributed by atoms with van der Waals surface area (Å²) in [6.45, 7) is 6.90. The van der Waals surface area contributed by atoms with Crippen molar-refractivity contribution in [1.29, 1.82) is 0 Å². The van der Waals surface area contributed by atoms with Gasteiger partial charge >= 0.3 is 0 Å². The summed E-state index contributed by atoms with van der Waals surface area (Å²) in [4.78, 5) is 4.05. The second-order valence-corrected chi connectivity index (χ2v) is 9.14. The van der Waals surface area contributed by atoms with Gasteiger partial charge in [0.05, 0.1) is 2.88 Å². The fraction of sp³-hybridized carbons (Fsp3) is 0.750. The molecule has 0 fully saturated rings. The highest BCUT2D eigenvalue weighted by Crippen LogP contribution is 2.36. The molecule has 1 atom stereocenters. The highest BCUT2D eigenvalue weighted by molar-refractivity contribution is 14.1. The Balaban J connectivity index is 1.70. The van der Waals surface area contributed by atoms with Crippen molar-refractivity contribution < 1.29 is 0 Å². The molecule has 4 heteroatoms. The van der Waals surface area contributed by atoms with Gasteiger partial charge in [0.2, 0.25) is 0 Å². The Hall–Kier alpha value is 0.350. The van der Waals surface area contributed by atoms with E-state index in [-0.39, 0.29) is 0 Å². The molecule has 1 heterocycles. The van der Waals surface area contributed by atoms with Gasteiger partial charge < -0.3 is 10.2 Å². The van der Waals surface area contributed by atoms with Crippen LogP contribution in [0.1, 0.15) is 56.0 Å². The number of halogens is 1. The average Bonchev–Trinajstić information content (AvgIpc) is 2.79. The van der Waals surface area contributed by atoms with Crippen LogP contribution in [0.2, 0.25) is 0 Å². The van der Waals surface area contributed by atoms with E-state index in [4.69, 9.17) is 0 Å². The molecule has 1 aromatic rings. The van der Waals surface area contributed by atoms with Gasteiger partial charge in [0.15, 0.2) is 0 Å². The van der Waals surface area contributed by atoms with Crippen molar-refractivity contribution in [2.75, 3.05) is 20.1 Å². The van der Waals surface area contributed by atoms with Crippen LogP contribution in [0.3, 0.4) is 0 Å². The lowest BCUT2D eigenvalue weighted by molar-refractivity contribution is 0.267. The highest BCUT2D eigenvalue weighted by atomic mass is 127. The fourth-order valence-corrected chi connectivity index (χ4v) is 4.87. The zero-order valence-electron chi connectivity index (χ0n) is 12.9. The maximum absolute atomic E-state index is 3.78. The number of nitrogens with one attached hydrogen (secondary N) is 1. The molecule has 0 saturated heterocycles. The van der Waals surface area contributed by atoms with Gasteiger partial charge in [-0.3, -0.25) is 0 Å². The van der Waals surface area contributed by atoms with Gasteiger partial charge in [0.25, 0.3) is 0 Å². The first-order valence-electron chi connectivity index (χ1n) is 7.79. The predicted molar refractivity (Wildman–Crippen MR) is 97.7 cm³/mol. The molecule has 0 aliphatic heterocycles. The van der Waals surface area contributed by atoms with Crippen LogP contribution in [0.15, 0.2) is 6.07 Å². The minimum Gasteiger partial charge on any atom is -0.310 e. The fourth-order valence-electron chi connectivity index (χ4n) is 2.75. The molecular weight excluding hydrogens is 379 g/mol. The number of hydrogen-bond acceptors (Lipinski definition) is 3. The van der Waals surface area contributed by atoms with Gasteiger partial charge in [0, 0.05) is 17.0 Å². The number of aryl methyl sites for hydroxylation is 1. The molecular formula is C16H27IN2S. The second kappa shape index (κ2) is 8.11. The molecule has 1 unspecified atom stereocenters. The molecule has 1 N–H and O–H groups in total. The molecule has 1 aliphatic rings. The summed E-state index contributed by atoms with van der Waals surface area (Å²) in [5.74, 6) is 0. The van der Waals surface area contributed by atoms with Crippen LogP contribution >= 0.6 is 33.9 Å². The first-order valence-corrected chi connectivity index (χ1v) is 9.69. The molecule has 0 aromatic carbocycles. The predicted octanol–water partition coefficient (Wildman–Crippen LogP) is 4.44. The first kappa shape index (κ1) is 16.7. The van der Waals surface area contributed by atoms with E-state index in [1.807, 2.05) is 11.3 Å². The van der Waals surface area contributed by atoms with Crippen molar-refractivity contribution in [3.05, 3.63) is 19.4 Å². The Labute approximate surface area is 141 Å². The summed E-state index contributed by atoms with van der Waals surface area (Å²) in [6, 6.07) is 3.67. The van der Waals surface area contributed by atoms with Crippen LogP contribution in [-0.4, -0.2) is 31.1 Å². The maximum atomic E-state index is 3.78. The summed E-state index contributed by atoms with van der Waals surface area (Å²) < 4.78 is 1.44. The van der Waals surface area contributed by atoms with Crippen LogP contribution in [-0.2, 0) is 6.42 Å². The molecule has 114 valence electrons. The third-order valence-electron chi connectivity index (χ3n) is 4.29. The molecule has 20 heavy (non-hydrogen) atoms. The highest BCUT2D eigenvalue weighted by Gasteiger charge is 2.21. The Bertz CT molecular complexity index is 417. The van der Waals surface area contributed by atoms with Gasteiger partial charge in [0.1, 0.15) is 0 Å². The Morgan fingerprint density at radius 3 is 3.00 bits per heavy atom. The van der Waals surface area contributed by atoms with Gasteiger partial charge in [-0.15, -0.1) is 11.3 Å². The lowest BCUT2D eigenvalue weighted by Gasteiger charge is -2.24. The minimum atomic E-state index is 0.612. The molecule has 2 rings (SSSR count). The van der Waals surface area contributed by atoms with Gasteiger partial charge in [-0.2, -0.15) is 0 Å². The average molecular weight is 406 g/mol. The van der Waals surface area contributed by atoms with E-state index in [0.29, 0.717) is 12.1 Å². The minimum absolute atomic E-state index is 0.612. The molecule has 0 amide bonds. The SMILES string of the molecule is CC(C)N(C)CCCCNC1CCCc2sc(I)cc21. The van der Waals surface area contributed by atoms with E-state index < -0.39 is 0 Å². The van der Waals surface area contributed by atoms with Crippen molar-refractivity contribution in [3.8, 4) is 0 Å². The standard InChI is InChI=1S/C16H27IN2S/c1-12(2)19(3)10-5-4-9-18-14-7-6-8-15-13(14)11-16(17)20-15/h11-12,14,18H,4-10H2,1-3H3. The van der Waals surface area contributed by atoms with Crippen molar-refractivity contribution in [2.24, 2.45) is 0 Å². The van der Waals surface area contributed by atoms with Crippen LogP contribution in [0.5, 0.6) is 0 Å². The normalized spacial score (nSPS) is 18.8. The molecule has 0 saturated carbocycles. The monoisotopic (exact) mass is 406 g/mol. The second-order valence-electron chi connectivity index (χ2n) is 6.11. The third-order valence-corrected chi connectivity index (χ3v) is 6.26. The van der Waals surface area contributed by atoms with Crippen molar-refractivity contribution in [1.82, 2.24) is 10.2 Å². The van der Waals surface area contributed by atoms with Crippen LogP contribution in [0, 0.1) is 2.88 Å². The zero-order chi connectivity index (χ0) is 14.5. The molecule has 2 nitrogen and oxygen atoms in total. The lowest BCUT2D eigenvalue weighted by Crippen LogP contribution is -2.29. The molecule has 1 aromatic heterocycles. The first-order chi connectivity index (χ1) is 9.58. The van der Waals surface area contributed by atoms with Crippen molar-refractivity contribution in [3.63, 3.8) is 0 Å². The van der Waals surface area contributed by atoms with Crippen LogP contribution in [0.25, 0.3) is 0 Å². The smallest absolute Gasteiger partial charge is 0.0659 e. The third kappa shape index (κ3) is 4.68. The molecule has 1 aliphatic carbocycles. The van der Waals surface area contributed by atoms with Crippen LogP contribution < -0.4 is 5.32 Å². The van der Waals surface area contributed by atoms with Crippen molar-refractivity contribution in [2.45, 2.75) is 58.0 Å². The topological polar surface area (TPSA) is 15.3 Å². The number of nitrogens with zero attached hydrogens (tertiary/aromatic N) is 1. The maximum Gasteiger partial charge on any atom is 0.0659 e. The Morgan fingerprint density at radius 1 is 1.45 bits per heavy atom. The van der Waals surface area contributed by atoms with E-state index >= 15 is 0 Å². The number of hydrogen-bond donors (Lipinski definition) is 1. The summed E-state index contributed by atoms with van der Waals surface area (Å²) in [7, 11) is 2.22. The van der Waals surface area contributed by atoms with Gasteiger partial charge in [-0.05, 0) is 100 Å². The van der Waals surface area contributed by atoms with E-state index in [9.17, 15) is 0 Å². The van der Waals surface area contributed by atoms with E-state index in [1.54, 1.807) is 10.4 Å². The van der Waals surface area contributed by atoms with Crippen LogP contribution in [0.4, 0.5) is 0 Å². The Morgan fingerprint density at radius 2 is 2.25 bits per heavy atom. The van der Waals surface area contributed by atoms with E-state index in [2.05, 4.69) is 59.8 Å².